The Labute approximate surface area is 158 Å². The smallest absolute Gasteiger partial charge is 0.416 e. The number of carbonyl (C=O) groups excluding carboxylic acids is 2. The molecule has 1 aromatic rings. The van der Waals surface area contributed by atoms with Gasteiger partial charge in [-0.25, -0.2) is 9.59 Å². The van der Waals surface area contributed by atoms with Gasteiger partial charge in [0.25, 0.3) is 6.29 Å². The second kappa shape index (κ2) is 7.57. The van der Waals surface area contributed by atoms with Gasteiger partial charge in [0, 0.05) is 11.6 Å². The first kappa shape index (κ1) is 19.8. The molecule has 3 atom stereocenters. The zero-order valence-electron chi connectivity index (χ0n) is 15.1. The molecule has 0 saturated heterocycles. The summed E-state index contributed by atoms with van der Waals surface area (Å²) >= 11 is 0. The highest BCUT2D eigenvalue weighted by molar-refractivity contribution is 5.89. The Morgan fingerprint density at radius 3 is 2.71 bits per heavy atom. The van der Waals surface area contributed by atoms with Crippen LogP contribution in [0.15, 0.2) is 47.7 Å². The Bertz CT molecular complexity index is 846. The summed E-state index contributed by atoms with van der Waals surface area (Å²) in [6.07, 6.45) is -2.80. The van der Waals surface area contributed by atoms with Crippen molar-refractivity contribution in [2.45, 2.75) is 25.8 Å². The highest BCUT2D eigenvalue weighted by Crippen LogP contribution is 2.43. The van der Waals surface area contributed by atoms with Crippen LogP contribution in [0.1, 0.15) is 18.9 Å². The summed E-state index contributed by atoms with van der Waals surface area (Å²) in [6, 6.07) is 4.21. The Morgan fingerprint density at radius 1 is 1.29 bits per heavy atom. The molecule has 3 unspecified atom stereocenters. The number of alkyl halides is 3. The number of ether oxygens (including phenoxy) is 3. The van der Waals surface area contributed by atoms with Crippen LogP contribution < -0.4 is 5.32 Å². The number of nitrogens with one attached hydrogen (secondary N) is 1. The van der Waals surface area contributed by atoms with E-state index in [4.69, 9.17) is 14.2 Å². The number of esters is 1. The number of amides is 1. The lowest BCUT2D eigenvalue weighted by Crippen LogP contribution is -2.38. The zero-order valence-corrected chi connectivity index (χ0v) is 15.1. The third kappa shape index (κ3) is 3.97. The summed E-state index contributed by atoms with van der Waals surface area (Å²) in [5.41, 5.74) is 0.284. The van der Waals surface area contributed by atoms with Crippen LogP contribution in [-0.2, 0) is 25.2 Å². The van der Waals surface area contributed by atoms with E-state index in [9.17, 15) is 22.8 Å². The molecule has 28 heavy (non-hydrogen) atoms. The minimum atomic E-state index is -4.53. The molecule has 0 aromatic heterocycles. The summed E-state index contributed by atoms with van der Waals surface area (Å²) in [4.78, 5) is 24.1. The predicted octanol–water partition coefficient (Wildman–Crippen LogP) is 4.25. The molecule has 1 aliphatic carbocycles. The molecule has 3 rings (SSSR count). The molecular weight excluding hydrogens is 379 g/mol. The van der Waals surface area contributed by atoms with Gasteiger partial charge in [0.05, 0.1) is 30.4 Å². The van der Waals surface area contributed by atoms with Crippen LogP contribution in [0.5, 0.6) is 0 Å². The number of hydrogen-bond acceptors (Lipinski definition) is 5. The monoisotopic (exact) mass is 397 g/mol. The number of hydrogen-bond donors (Lipinski definition) is 1. The van der Waals surface area contributed by atoms with E-state index in [2.05, 4.69) is 5.32 Å². The first-order chi connectivity index (χ1) is 13.2. The normalized spacial score (nSPS) is 23.7. The molecule has 0 spiro atoms. The third-order valence-electron chi connectivity index (χ3n) is 4.76. The second-order valence-electron chi connectivity index (χ2n) is 6.49. The molecule has 1 aliphatic heterocycles. The van der Waals surface area contributed by atoms with Crippen LogP contribution in [0.25, 0.3) is 0 Å². The van der Waals surface area contributed by atoms with Crippen molar-refractivity contribution >= 4 is 17.7 Å². The molecule has 0 saturated carbocycles. The number of fused-ring (bicyclic) bond motifs is 1. The molecule has 1 heterocycles. The number of benzene rings is 1. The molecule has 1 aromatic carbocycles. The maximum absolute atomic E-state index is 12.8. The number of anilines is 1. The van der Waals surface area contributed by atoms with Gasteiger partial charge < -0.3 is 14.2 Å². The van der Waals surface area contributed by atoms with Crippen LogP contribution in [0.2, 0.25) is 0 Å². The van der Waals surface area contributed by atoms with E-state index in [-0.39, 0.29) is 17.5 Å². The third-order valence-corrected chi connectivity index (χ3v) is 4.76. The van der Waals surface area contributed by atoms with E-state index < -0.39 is 30.1 Å². The summed E-state index contributed by atoms with van der Waals surface area (Å²) in [7, 11) is 1.26. The highest BCUT2D eigenvalue weighted by atomic mass is 19.4. The molecule has 9 heteroatoms. The predicted molar refractivity (Wildman–Crippen MR) is 91.9 cm³/mol. The molecule has 2 aliphatic rings. The first-order valence-electron chi connectivity index (χ1n) is 8.46. The molecule has 150 valence electrons. The Balaban J connectivity index is 1.71. The highest BCUT2D eigenvalue weighted by Gasteiger charge is 2.44. The van der Waals surface area contributed by atoms with Crippen molar-refractivity contribution in [3.63, 3.8) is 0 Å². The lowest BCUT2D eigenvalue weighted by Gasteiger charge is -2.33. The molecule has 0 fully saturated rings. The van der Waals surface area contributed by atoms with E-state index >= 15 is 0 Å². The molecule has 0 radical (unpaired) electrons. The van der Waals surface area contributed by atoms with E-state index in [0.717, 1.165) is 17.7 Å². The number of allylic oxidation sites excluding steroid dienone is 1. The maximum atomic E-state index is 12.8. The topological polar surface area (TPSA) is 73.9 Å². The van der Waals surface area contributed by atoms with Gasteiger partial charge in [0.2, 0.25) is 0 Å². The van der Waals surface area contributed by atoms with Gasteiger partial charge in [0.15, 0.2) is 0 Å². The fourth-order valence-corrected chi connectivity index (χ4v) is 3.39. The average molecular weight is 397 g/mol. The van der Waals surface area contributed by atoms with Crippen molar-refractivity contribution in [2.24, 2.45) is 11.8 Å². The summed E-state index contributed by atoms with van der Waals surface area (Å²) in [6.45, 7) is 1.83. The lowest BCUT2D eigenvalue weighted by molar-refractivity contribution is -0.141. The van der Waals surface area contributed by atoms with Crippen LogP contribution in [-0.4, -0.2) is 25.5 Å². The molecule has 6 nitrogen and oxygen atoms in total. The van der Waals surface area contributed by atoms with Crippen molar-refractivity contribution in [3.05, 3.63) is 53.3 Å². The van der Waals surface area contributed by atoms with Crippen molar-refractivity contribution in [1.29, 1.82) is 0 Å². The van der Waals surface area contributed by atoms with Gasteiger partial charge >= 0.3 is 18.2 Å². The quantitative estimate of drug-likeness (QED) is 0.610. The Kier molecular flexibility index (Phi) is 5.35. The van der Waals surface area contributed by atoms with Crippen LogP contribution in [0, 0.1) is 11.8 Å². The Hall–Kier alpha value is -2.97. The van der Waals surface area contributed by atoms with E-state index in [1.54, 1.807) is 0 Å². The molecular formula is C19H18F3NO5. The lowest BCUT2D eigenvalue weighted by atomic mass is 9.84. The number of rotatable bonds is 3. The van der Waals surface area contributed by atoms with Gasteiger partial charge in [-0.2, -0.15) is 13.2 Å². The second-order valence-corrected chi connectivity index (χ2v) is 6.49. The minimum Gasteiger partial charge on any atom is -0.466 e. The Morgan fingerprint density at radius 2 is 2.04 bits per heavy atom. The maximum Gasteiger partial charge on any atom is 0.416 e. The van der Waals surface area contributed by atoms with Gasteiger partial charge in [-0.05, 0) is 31.5 Å². The van der Waals surface area contributed by atoms with Gasteiger partial charge in [-0.15, -0.1) is 0 Å². The summed E-state index contributed by atoms with van der Waals surface area (Å²) in [5.74, 6) is -1.16. The average Bonchev–Trinajstić information content (AvgIpc) is 3.03. The molecule has 1 amide bonds. The van der Waals surface area contributed by atoms with E-state index in [1.807, 2.05) is 13.0 Å². The first-order valence-corrected chi connectivity index (χ1v) is 8.46. The summed E-state index contributed by atoms with van der Waals surface area (Å²) in [5, 5.41) is 2.27. The fourth-order valence-electron chi connectivity index (χ4n) is 3.39. The van der Waals surface area contributed by atoms with Crippen molar-refractivity contribution < 1.29 is 37.0 Å². The largest absolute Gasteiger partial charge is 0.466 e. The van der Waals surface area contributed by atoms with Crippen LogP contribution in [0.4, 0.5) is 23.7 Å². The van der Waals surface area contributed by atoms with Crippen LogP contribution in [0.3, 0.4) is 0 Å². The van der Waals surface area contributed by atoms with Gasteiger partial charge in [0.1, 0.15) is 0 Å². The summed E-state index contributed by atoms with van der Waals surface area (Å²) < 4.78 is 53.8. The van der Waals surface area contributed by atoms with Crippen molar-refractivity contribution in [2.75, 3.05) is 12.4 Å². The molecule has 1 N–H and O–H groups in total. The number of methoxy groups -OCH3 is 1. The number of carbonyl (C=O) groups is 2. The fraction of sp³-hybridized carbons (Fsp3) is 0.368. The zero-order chi connectivity index (χ0) is 20.5. The number of halogens is 3. The van der Waals surface area contributed by atoms with Crippen molar-refractivity contribution in [1.82, 2.24) is 0 Å². The van der Waals surface area contributed by atoms with Crippen molar-refractivity contribution in [3.8, 4) is 0 Å². The SMILES string of the molecule is COC(=O)C1=COC(OC(=O)Nc2cccc(C(F)(F)F)c2)C2C(C)=CCC12. The van der Waals surface area contributed by atoms with E-state index in [1.165, 1.54) is 25.5 Å². The van der Waals surface area contributed by atoms with E-state index in [0.29, 0.717) is 12.0 Å². The van der Waals surface area contributed by atoms with Gasteiger partial charge in [-0.1, -0.05) is 17.7 Å². The van der Waals surface area contributed by atoms with Gasteiger partial charge in [-0.3, -0.25) is 5.32 Å². The van der Waals surface area contributed by atoms with Crippen LogP contribution >= 0.6 is 0 Å². The standard InChI is InChI=1S/C19H18F3NO5/c1-10-6-7-13-14(16(24)26-2)9-27-17(15(10)13)28-18(25)23-12-5-3-4-11(8-12)19(20,21)22/h3-6,8-9,13,15,17H,7H2,1-2H3,(H,23,25). The molecule has 0 bridgehead atoms. The minimum absolute atomic E-state index is 0.0586.